The number of carbonyl (C=O) groups is 1. The van der Waals surface area contributed by atoms with Crippen molar-refractivity contribution in [3.8, 4) is 22.6 Å². The van der Waals surface area contributed by atoms with Crippen LogP contribution in [0, 0.1) is 12.7 Å². The summed E-state index contributed by atoms with van der Waals surface area (Å²) in [6.45, 7) is 6.73. The van der Waals surface area contributed by atoms with Gasteiger partial charge in [0.2, 0.25) is 0 Å². The number of imidazole rings is 1. The summed E-state index contributed by atoms with van der Waals surface area (Å²) >= 11 is 0. The zero-order chi connectivity index (χ0) is 25.9. The van der Waals surface area contributed by atoms with Gasteiger partial charge in [-0.25, -0.2) is 19.3 Å². The van der Waals surface area contributed by atoms with E-state index in [4.69, 9.17) is 4.98 Å². The number of benzene rings is 2. The maximum absolute atomic E-state index is 14.7. The summed E-state index contributed by atoms with van der Waals surface area (Å²) in [5.41, 5.74) is 5.86. The highest BCUT2D eigenvalue weighted by Crippen LogP contribution is 2.40. The van der Waals surface area contributed by atoms with Crippen LogP contribution in [-0.2, 0) is 12.5 Å². The number of fused-ring (bicyclic) bond motifs is 1. The highest BCUT2D eigenvalue weighted by molar-refractivity contribution is 5.98. The van der Waals surface area contributed by atoms with Gasteiger partial charge in [0, 0.05) is 53.5 Å². The van der Waals surface area contributed by atoms with E-state index in [1.54, 1.807) is 12.1 Å². The molecule has 4 aromatic rings. The number of aryl methyl sites for hydroxylation is 2. The lowest BCUT2D eigenvalue weighted by atomic mass is 9.79. The molecule has 2 aromatic carbocycles. The number of rotatable bonds is 5. The molecule has 2 aromatic heterocycles. The molecule has 1 aliphatic carbocycles. The lowest BCUT2D eigenvalue weighted by Gasteiger charge is -2.32. The van der Waals surface area contributed by atoms with Gasteiger partial charge in [-0.05, 0) is 55.2 Å². The second-order valence-electron chi connectivity index (χ2n) is 10.7. The van der Waals surface area contributed by atoms with Crippen LogP contribution in [-0.4, -0.2) is 32.0 Å². The number of anilines is 2. The number of carbonyl (C=O) groups excluding carboxylic acids is 1. The van der Waals surface area contributed by atoms with Gasteiger partial charge in [-0.2, -0.15) is 0 Å². The van der Waals surface area contributed by atoms with Gasteiger partial charge >= 0.3 is 0 Å². The molecule has 8 heteroatoms. The van der Waals surface area contributed by atoms with Crippen molar-refractivity contribution in [1.82, 2.24) is 24.8 Å². The molecule has 1 aliphatic heterocycles. The highest BCUT2D eigenvalue weighted by atomic mass is 19.1. The largest absolute Gasteiger partial charge is 0.351 e. The molecular weight excluding hydrogens is 467 g/mol. The molecule has 0 unspecified atom stereocenters. The first-order chi connectivity index (χ1) is 17.7. The van der Waals surface area contributed by atoms with Crippen molar-refractivity contribution < 1.29 is 9.18 Å². The molecule has 6 rings (SSSR count). The van der Waals surface area contributed by atoms with Crippen molar-refractivity contribution in [3.05, 3.63) is 77.1 Å². The monoisotopic (exact) mass is 496 g/mol. The smallest absolute Gasteiger partial charge is 0.251 e. The Kier molecular flexibility index (Phi) is 5.36. The molecule has 37 heavy (non-hydrogen) atoms. The summed E-state index contributed by atoms with van der Waals surface area (Å²) in [4.78, 5) is 25.9. The zero-order valence-electron chi connectivity index (χ0n) is 21.4. The van der Waals surface area contributed by atoms with Crippen molar-refractivity contribution >= 4 is 17.4 Å². The number of hydrogen-bond acceptors (Lipinski definition) is 5. The van der Waals surface area contributed by atoms with E-state index in [9.17, 15) is 9.18 Å². The fourth-order valence-corrected chi connectivity index (χ4v) is 5.02. The minimum absolute atomic E-state index is 0.0866. The maximum Gasteiger partial charge on any atom is 0.251 e. The average molecular weight is 497 g/mol. The minimum Gasteiger partial charge on any atom is -0.351 e. The van der Waals surface area contributed by atoms with Crippen molar-refractivity contribution in [3.63, 3.8) is 0 Å². The molecule has 1 amide bonds. The Balaban J connectivity index is 1.29. The number of nitrogens with zero attached hydrogens (tertiary/aromatic N) is 4. The summed E-state index contributed by atoms with van der Waals surface area (Å²) in [6, 6.07) is 11.4. The van der Waals surface area contributed by atoms with E-state index in [0.29, 0.717) is 29.5 Å². The quantitative estimate of drug-likeness (QED) is 0.374. The third-order valence-corrected chi connectivity index (χ3v) is 7.31. The first-order valence-electron chi connectivity index (χ1n) is 12.6. The maximum atomic E-state index is 14.7. The predicted octanol–water partition coefficient (Wildman–Crippen LogP) is 5.63. The van der Waals surface area contributed by atoms with E-state index in [0.717, 1.165) is 33.8 Å². The Morgan fingerprint density at radius 1 is 1.11 bits per heavy atom. The van der Waals surface area contributed by atoms with Crippen LogP contribution in [0.25, 0.3) is 22.6 Å². The molecule has 0 atom stereocenters. The molecule has 0 radical (unpaired) electrons. The van der Waals surface area contributed by atoms with Crippen molar-refractivity contribution in [2.75, 3.05) is 11.9 Å². The molecule has 1 saturated carbocycles. The second kappa shape index (κ2) is 8.50. The summed E-state index contributed by atoms with van der Waals surface area (Å²) in [5, 5.41) is 6.01. The van der Waals surface area contributed by atoms with Gasteiger partial charge in [-0.15, -0.1) is 0 Å². The van der Waals surface area contributed by atoms with E-state index in [1.165, 1.54) is 19.0 Å². The first kappa shape index (κ1) is 23.3. The number of aromatic nitrogens is 4. The van der Waals surface area contributed by atoms with Gasteiger partial charge in [0.1, 0.15) is 5.82 Å². The molecule has 3 heterocycles. The highest BCUT2D eigenvalue weighted by Gasteiger charge is 2.32. The van der Waals surface area contributed by atoms with E-state index in [2.05, 4.69) is 45.2 Å². The molecule has 0 saturated heterocycles. The van der Waals surface area contributed by atoms with E-state index in [1.807, 2.05) is 38.2 Å². The molecule has 0 bridgehead atoms. The number of hydrogen-bond donors (Lipinski definition) is 2. The lowest BCUT2D eigenvalue weighted by Crippen LogP contribution is -2.43. The van der Waals surface area contributed by atoms with Crippen LogP contribution >= 0.6 is 0 Å². The normalized spacial score (nSPS) is 16.3. The van der Waals surface area contributed by atoms with E-state index >= 15 is 0 Å². The van der Waals surface area contributed by atoms with Crippen LogP contribution < -0.4 is 10.6 Å². The third-order valence-electron chi connectivity index (χ3n) is 7.31. The van der Waals surface area contributed by atoms with Crippen LogP contribution in [0.5, 0.6) is 0 Å². The number of amides is 1. The average Bonchev–Trinajstić information content (AvgIpc) is 3.64. The van der Waals surface area contributed by atoms with Gasteiger partial charge in [-0.3, -0.25) is 4.79 Å². The predicted molar refractivity (Wildman–Crippen MR) is 141 cm³/mol. The second-order valence-corrected chi connectivity index (χ2v) is 10.7. The minimum atomic E-state index is -0.548. The van der Waals surface area contributed by atoms with Gasteiger partial charge in [0.15, 0.2) is 17.5 Å². The molecule has 7 nitrogen and oxygen atoms in total. The zero-order valence-corrected chi connectivity index (χ0v) is 21.4. The van der Waals surface area contributed by atoms with Gasteiger partial charge in [0.25, 0.3) is 5.91 Å². The van der Waals surface area contributed by atoms with Crippen LogP contribution in [0.1, 0.15) is 59.9 Å². The van der Waals surface area contributed by atoms with Crippen LogP contribution in [0.15, 0.2) is 48.8 Å². The van der Waals surface area contributed by atoms with Crippen LogP contribution in [0.2, 0.25) is 0 Å². The standard InChI is InChI=1S/C29H29FN6O/c1-16-11-18(7-9-20(16)24-14-36(4)27(34-24)17-5-6-17)25-31-13-23(30)26(35-25)33-19-8-10-21-22(12-19)29(2,3)15-32-28(21)37/h7-14,17H,5-6,15H2,1-4H3,(H,32,37)(H,31,33,35). The summed E-state index contributed by atoms with van der Waals surface area (Å²) in [7, 11) is 2.05. The van der Waals surface area contributed by atoms with Crippen molar-refractivity contribution in [1.29, 1.82) is 0 Å². The molecule has 0 spiro atoms. The summed E-state index contributed by atoms with van der Waals surface area (Å²) in [5.74, 6) is 1.59. The third kappa shape index (κ3) is 4.26. The first-order valence-corrected chi connectivity index (χ1v) is 12.6. The summed E-state index contributed by atoms with van der Waals surface area (Å²) in [6.07, 6.45) is 5.68. The van der Waals surface area contributed by atoms with E-state index in [-0.39, 0.29) is 17.1 Å². The Morgan fingerprint density at radius 3 is 2.65 bits per heavy atom. The SMILES string of the molecule is Cc1cc(-c2ncc(F)c(Nc3ccc4c(c3)C(C)(C)CNC4=O)n2)ccc1-c1cn(C)c(C2CC2)n1. The van der Waals surface area contributed by atoms with Gasteiger partial charge in [-0.1, -0.05) is 26.0 Å². The van der Waals surface area contributed by atoms with Crippen molar-refractivity contribution in [2.24, 2.45) is 7.05 Å². The summed E-state index contributed by atoms with van der Waals surface area (Å²) < 4.78 is 16.9. The fraction of sp³-hybridized carbons (Fsp3) is 0.310. The molecule has 2 aliphatic rings. The van der Waals surface area contributed by atoms with Crippen molar-refractivity contribution in [2.45, 2.75) is 44.9 Å². The van der Waals surface area contributed by atoms with Gasteiger partial charge in [0.05, 0.1) is 11.9 Å². The fourth-order valence-electron chi connectivity index (χ4n) is 5.02. The number of halogens is 1. The Hall–Kier alpha value is -4.07. The van der Waals surface area contributed by atoms with Crippen LogP contribution in [0.3, 0.4) is 0 Å². The molecule has 188 valence electrons. The lowest BCUT2D eigenvalue weighted by molar-refractivity contribution is 0.0930. The topological polar surface area (TPSA) is 84.7 Å². The molecule has 1 fully saturated rings. The van der Waals surface area contributed by atoms with Gasteiger partial charge < -0.3 is 15.2 Å². The van der Waals surface area contributed by atoms with Crippen LogP contribution in [0.4, 0.5) is 15.9 Å². The number of nitrogens with one attached hydrogen (secondary N) is 2. The molecule has 2 N–H and O–H groups in total. The molecular formula is C29H29FN6O. The van der Waals surface area contributed by atoms with E-state index < -0.39 is 5.82 Å². The Labute approximate surface area is 215 Å². The Morgan fingerprint density at radius 2 is 1.89 bits per heavy atom. The Bertz CT molecular complexity index is 1550.